The first kappa shape index (κ1) is 23.6. The highest BCUT2D eigenvalue weighted by Gasteiger charge is 2.34. The van der Waals surface area contributed by atoms with Crippen LogP contribution < -0.4 is 19.7 Å². The SMILES string of the molecule is COc1ccc(/C=C2/C(=O)NC(=S)N(c3ccccc3)C2=O)c(OCc2ccc([N+](=O)[O-])cc2)c1. The van der Waals surface area contributed by atoms with E-state index < -0.39 is 16.7 Å². The molecular weight excluding hydrogens is 470 g/mol. The zero-order valence-electron chi connectivity index (χ0n) is 18.5. The molecule has 1 aliphatic heterocycles. The molecule has 1 aliphatic rings. The van der Waals surface area contributed by atoms with Crippen LogP contribution in [0.25, 0.3) is 6.08 Å². The standard InChI is InChI=1S/C25H19N3O6S/c1-33-20-12-9-17(22(14-20)34-15-16-7-10-19(11-8-16)28(31)32)13-21-23(29)26-25(35)27(24(21)30)18-5-3-2-4-6-18/h2-14H,15H2,1H3,(H,26,29,35)/b21-13-. The summed E-state index contributed by atoms with van der Waals surface area (Å²) < 4.78 is 11.2. The van der Waals surface area contributed by atoms with E-state index in [9.17, 15) is 19.7 Å². The molecule has 35 heavy (non-hydrogen) atoms. The number of nitro groups is 1. The predicted molar refractivity (Wildman–Crippen MR) is 133 cm³/mol. The van der Waals surface area contributed by atoms with Crippen molar-refractivity contribution in [2.75, 3.05) is 12.0 Å². The van der Waals surface area contributed by atoms with Gasteiger partial charge in [0.15, 0.2) is 5.11 Å². The Morgan fingerprint density at radius 3 is 2.43 bits per heavy atom. The van der Waals surface area contributed by atoms with Crippen molar-refractivity contribution in [1.82, 2.24) is 5.32 Å². The van der Waals surface area contributed by atoms with Crippen LogP contribution in [0.5, 0.6) is 11.5 Å². The van der Waals surface area contributed by atoms with E-state index in [1.807, 2.05) is 6.07 Å². The predicted octanol–water partition coefficient (Wildman–Crippen LogP) is 4.01. The van der Waals surface area contributed by atoms with Gasteiger partial charge in [-0.15, -0.1) is 0 Å². The number of anilines is 1. The molecule has 1 N–H and O–H groups in total. The molecule has 0 bridgehead atoms. The summed E-state index contributed by atoms with van der Waals surface area (Å²) in [5, 5.41) is 13.4. The zero-order valence-corrected chi connectivity index (χ0v) is 19.3. The van der Waals surface area contributed by atoms with Crippen molar-refractivity contribution in [3.8, 4) is 11.5 Å². The van der Waals surface area contributed by atoms with Crippen molar-refractivity contribution < 1.29 is 24.0 Å². The number of benzene rings is 3. The van der Waals surface area contributed by atoms with Crippen LogP contribution in [0.2, 0.25) is 0 Å². The third kappa shape index (κ3) is 5.17. The van der Waals surface area contributed by atoms with Crippen molar-refractivity contribution in [1.29, 1.82) is 0 Å². The fourth-order valence-corrected chi connectivity index (χ4v) is 3.67. The number of para-hydroxylation sites is 1. The molecule has 3 aromatic carbocycles. The van der Waals surface area contributed by atoms with Gasteiger partial charge in [0.25, 0.3) is 17.5 Å². The molecule has 0 aromatic heterocycles. The highest BCUT2D eigenvalue weighted by atomic mass is 32.1. The second-order valence-corrected chi connectivity index (χ2v) is 7.80. The summed E-state index contributed by atoms with van der Waals surface area (Å²) in [6.07, 6.45) is 1.43. The summed E-state index contributed by atoms with van der Waals surface area (Å²) in [6.45, 7) is 0.0989. The van der Waals surface area contributed by atoms with E-state index in [0.29, 0.717) is 28.3 Å². The van der Waals surface area contributed by atoms with Crippen LogP contribution in [-0.2, 0) is 16.2 Å². The number of nitrogens with one attached hydrogen (secondary N) is 1. The molecule has 9 nitrogen and oxygen atoms in total. The Labute approximate surface area is 205 Å². The van der Waals surface area contributed by atoms with Gasteiger partial charge >= 0.3 is 0 Å². The maximum atomic E-state index is 13.2. The van der Waals surface area contributed by atoms with Gasteiger partial charge in [0.2, 0.25) is 0 Å². The first-order valence-electron chi connectivity index (χ1n) is 10.4. The number of amides is 2. The lowest BCUT2D eigenvalue weighted by atomic mass is 10.1. The van der Waals surface area contributed by atoms with Crippen molar-refractivity contribution >= 4 is 46.6 Å². The Morgan fingerprint density at radius 1 is 1.06 bits per heavy atom. The minimum atomic E-state index is -0.621. The van der Waals surface area contributed by atoms with E-state index in [-0.39, 0.29) is 23.0 Å². The van der Waals surface area contributed by atoms with E-state index in [0.717, 1.165) is 0 Å². The summed E-state index contributed by atoms with van der Waals surface area (Å²) in [7, 11) is 1.50. The molecule has 1 saturated heterocycles. The number of rotatable bonds is 7. The first-order valence-corrected chi connectivity index (χ1v) is 10.8. The van der Waals surface area contributed by atoms with Gasteiger partial charge in [-0.25, -0.2) is 0 Å². The number of ether oxygens (including phenoxy) is 2. The number of thiocarbonyl (C=S) groups is 1. The molecule has 0 unspecified atom stereocenters. The number of nitro benzene ring substituents is 1. The number of hydrogen-bond acceptors (Lipinski definition) is 7. The highest BCUT2D eigenvalue weighted by molar-refractivity contribution is 7.80. The Bertz CT molecular complexity index is 1340. The Hall–Kier alpha value is -4.57. The molecule has 0 atom stereocenters. The maximum Gasteiger partial charge on any atom is 0.270 e. The monoisotopic (exact) mass is 489 g/mol. The molecule has 0 aliphatic carbocycles. The van der Waals surface area contributed by atoms with Crippen LogP contribution >= 0.6 is 12.2 Å². The van der Waals surface area contributed by atoms with E-state index in [1.54, 1.807) is 54.6 Å². The fraction of sp³-hybridized carbons (Fsp3) is 0.0800. The fourth-order valence-electron chi connectivity index (χ4n) is 3.39. The third-order valence-electron chi connectivity index (χ3n) is 5.18. The van der Waals surface area contributed by atoms with Gasteiger partial charge in [0.1, 0.15) is 23.7 Å². The summed E-state index contributed by atoms with van der Waals surface area (Å²) >= 11 is 5.22. The average molecular weight is 490 g/mol. The highest BCUT2D eigenvalue weighted by Crippen LogP contribution is 2.29. The average Bonchev–Trinajstić information content (AvgIpc) is 2.86. The Balaban J connectivity index is 1.65. The maximum absolute atomic E-state index is 13.2. The van der Waals surface area contributed by atoms with E-state index >= 15 is 0 Å². The van der Waals surface area contributed by atoms with Crippen LogP contribution in [-0.4, -0.2) is 29.0 Å². The smallest absolute Gasteiger partial charge is 0.270 e. The lowest BCUT2D eigenvalue weighted by Crippen LogP contribution is -2.54. The normalized spacial score (nSPS) is 14.6. The quantitative estimate of drug-likeness (QED) is 0.175. The molecular formula is C25H19N3O6S. The van der Waals surface area contributed by atoms with E-state index in [1.165, 1.54) is 30.2 Å². The number of nitrogens with zero attached hydrogens (tertiary/aromatic N) is 2. The van der Waals surface area contributed by atoms with Gasteiger partial charge in [-0.05, 0) is 60.3 Å². The van der Waals surface area contributed by atoms with Gasteiger partial charge in [-0.3, -0.25) is 29.9 Å². The first-order chi connectivity index (χ1) is 16.9. The Morgan fingerprint density at radius 2 is 1.77 bits per heavy atom. The molecule has 3 aromatic rings. The second-order valence-electron chi connectivity index (χ2n) is 7.41. The molecule has 4 rings (SSSR count). The number of hydrogen-bond donors (Lipinski definition) is 1. The summed E-state index contributed by atoms with van der Waals surface area (Å²) in [5.41, 5.74) is 1.55. The van der Waals surface area contributed by atoms with Crippen molar-refractivity contribution in [2.24, 2.45) is 0 Å². The molecule has 0 spiro atoms. The lowest BCUT2D eigenvalue weighted by molar-refractivity contribution is -0.384. The van der Waals surface area contributed by atoms with Crippen LogP contribution in [0.3, 0.4) is 0 Å². The van der Waals surface area contributed by atoms with Crippen LogP contribution in [0.1, 0.15) is 11.1 Å². The Kier molecular flexibility index (Phi) is 6.83. The summed E-state index contributed by atoms with van der Waals surface area (Å²) in [6, 6.07) is 19.7. The molecule has 0 radical (unpaired) electrons. The van der Waals surface area contributed by atoms with Crippen LogP contribution in [0.4, 0.5) is 11.4 Å². The van der Waals surface area contributed by atoms with E-state index in [2.05, 4.69) is 5.32 Å². The number of methoxy groups -OCH3 is 1. The molecule has 1 heterocycles. The molecule has 2 amide bonds. The molecule has 0 saturated carbocycles. The minimum Gasteiger partial charge on any atom is -0.497 e. The molecule has 10 heteroatoms. The van der Waals surface area contributed by atoms with Crippen molar-refractivity contribution in [3.63, 3.8) is 0 Å². The molecule has 176 valence electrons. The third-order valence-corrected chi connectivity index (χ3v) is 5.46. The summed E-state index contributed by atoms with van der Waals surface area (Å²) in [5.74, 6) is -0.320. The van der Waals surface area contributed by atoms with Crippen molar-refractivity contribution in [2.45, 2.75) is 6.61 Å². The number of carbonyl (C=O) groups excluding carboxylic acids is 2. The topological polar surface area (TPSA) is 111 Å². The van der Waals surface area contributed by atoms with Gasteiger partial charge in [-0.1, -0.05) is 18.2 Å². The van der Waals surface area contributed by atoms with Gasteiger partial charge < -0.3 is 9.47 Å². The zero-order chi connectivity index (χ0) is 24.9. The summed E-state index contributed by atoms with van der Waals surface area (Å²) in [4.78, 5) is 37.5. The van der Waals surface area contributed by atoms with Crippen molar-refractivity contribution in [3.05, 3.63) is 99.6 Å². The van der Waals surface area contributed by atoms with E-state index in [4.69, 9.17) is 21.7 Å². The van der Waals surface area contributed by atoms with Gasteiger partial charge in [0, 0.05) is 23.8 Å². The minimum absolute atomic E-state index is 0.00674. The molecule has 1 fully saturated rings. The number of carbonyl (C=O) groups is 2. The lowest BCUT2D eigenvalue weighted by Gasteiger charge is -2.29. The largest absolute Gasteiger partial charge is 0.497 e. The van der Waals surface area contributed by atoms with Gasteiger partial charge in [-0.2, -0.15) is 0 Å². The van der Waals surface area contributed by atoms with Gasteiger partial charge in [0.05, 0.1) is 17.7 Å². The van der Waals surface area contributed by atoms with Crippen LogP contribution in [0.15, 0.2) is 78.4 Å². The number of non-ortho nitro benzene ring substituents is 1. The van der Waals surface area contributed by atoms with Crippen LogP contribution in [0, 0.1) is 10.1 Å². The second kappa shape index (κ2) is 10.1.